The first-order chi connectivity index (χ1) is 10.2. The van der Waals surface area contributed by atoms with E-state index < -0.39 is 0 Å². The number of benzene rings is 1. The molecule has 0 heterocycles. The highest BCUT2D eigenvalue weighted by Crippen LogP contribution is 2.28. The van der Waals surface area contributed by atoms with Gasteiger partial charge in [-0.1, -0.05) is 38.3 Å². The van der Waals surface area contributed by atoms with Crippen molar-refractivity contribution in [2.24, 2.45) is 5.92 Å². The molecule has 3 unspecified atom stereocenters. The van der Waals surface area contributed by atoms with Crippen LogP contribution in [0.25, 0.3) is 0 Å². The van der Waals surface area contributed by atoms with Crippen molar-refractivity contribution >= 4 is 0 Å². The van der Waals surface area contributed by atoms with Crippen molar-refractivity contribution in [1.29, 1.82) is 5.26 Å². The molecule has 3 nitrogen and oxygen atoms in total. The Morgan fingerprint density at radius 2 is 2.10 bits per heavy atom. The summed E-state index contributed by atoms with van der Waals surface area (Å²) in [5, 5.41) is 12.3. The molecule has 1 N–H and O–H groups in total. The summed E-state index contributed by atoms with van der Waals surface area (Å²) in [6.07, 6.45) is 6.66. The zero-order valence-corrected chi connectivity index (χ0v) is 13.1. The van der Waals surface area contributed by atoms with Crippen LogP contribution in [0.15, 0.2) is 24.3 Å². The van der Waals surface area contributed by atoms with Crippen molar-refractivity contribution in [3.05, 3.63) is 29.8 Å². The second kappa shape index (κ2) is 8.05. The summed E-state index contributed by atoms with van der Waals surface area (Å²) in [5.41, 5.74) is 1.28. The number of hydrogen-bond donors (Lipinski definition) is 1. The Labute approximate surface area is 128 Å². The Morgan fingerprint density at radius 3 is 2.76 bits per heavy atom. The van der Waals surface area contributed by atoms with E-state index in [1.165, 1.54) is 37.7 Å². The molecule has 1 saturated carbocycles. The van der Waals surface area contributed by atoms with Crippen LogP contribution in [0, 0.1) is 17.2 Å². The average Bonchev–Trinajstić information content (AvgIpc) is 2.53. The summed E-state index contributed by atoms with van der Waals surface area (Å²) in [7, 11) is 0. The quantitative estimate of drug-likeness (QED) is 0.852. The van der Waals surface area contributed by atoms with Crippen molar-refractivity contribution in [2.45, 2.75) is 58.0 Å². The lowest BCUT2D eigenvalue weighted by molar-refractivity contribution is 0.266. The van der Waals surface area contributed by atoms with Crippen molar-refractivity contribution in [1.82, 2.24) is 5.32 Å². The number of nitrogens with one attached hydrogen (secondary N) is 1. The van der Waals surface area contributed by atoms with Crippen molar-refractivity contribution in [2.75, 3.05) is 6.61 Å². The molecule has 0 radical (unpaired) electrons. The third kappa shape index (κ3) is 4.75. The second-order valence-corrected chi connectivity index (χ2v) is 6.04. The second-order valence-electron chi connectivity index (χ2n) is 6.04. The molecule has 0 aliphatic heterocycles. The minimum atomic E-state index is 0.105. The number of hydrogen-bond acceptors (Lipinski definition) is 3. The smallest absolute Gasteiger partial charge is 0.174 e. The molecule has 1 aliphatic carbocycles. The van der Waals surface area contributed by atoms with Gasteiger partial charge in [0, 0.05) is 12.1 Å². The van der Waals surface area contributed by atoms with Crippen molar-refractivity contribution in [3.63, 3.8) is 0 Å². The minimum absolute atomic E-state index is 0.105. The van der Waals surface area contributed by atoms with E-state index >= 15 is 0 Å². The van der Waals surface area contributed by atoms with Gasteiger partial charge >= 0.3 is 0 Å². The maximum atomic E-state index is 8.51. The first kappa shape index (κ1) is 15.9. The molecule has 3 atom stereocenters. The van der Waals surface area contributed by atoms with E-state index in [4.69, 9.17) is 10.00 Å². The zero-order chi connectivity index (χ0) is 15.1. The predicted octanol–water partition coefficient (Wildman–Crippen LogP) is 4.21. The summed E-state index contributed by atoms with van der Waals surface area (Å²) < 4.78 is 5.29. The van der Waals surface area contributed by atoms with E-state index in [9.17, 15) is 0 Å². The van der Waals surface area contributed by atoms with E-state index in [1.54, 1.807) is 0 Å². The summed E-state index contributed by atoms with van der Waals surface area (Å²) in [6.45, 7) is 4.63. The van der Waals surface area contributed by atoms with Gasteiger partial charge in [0.05, 0.1) is 0 Å². The molecule has 0 bridgehead atoms. The van der Waals surface area contributed by atoms with Gasteiger partial charge in [-0.15, -0.1) is 0 Å². The number of nitriles is 1. The molecule has 1 aromatic carbocycles. The van der Waals surface area contributed by atoms with Crippen LogP contribution in [0.4, 0.5) is 0 Å². The van der Waals surface area contributed by atoms with E-state index in [-0.39, 0.29) is 6.61 Å². The number of ether oxygens (including phenoxy) is 1. The van der Waals surface area contributed by atoms with E-state index in [0.29, 0.717) is 12.1 Å². The van der Waals surface area contributed by atoms with Gasteiger partial charge in [-0.3, -0.25) is 0 Å². The van der Waals surface area contributed by atoms with Crippen LogP contribution >= 0.6 is 0 Å². The molecule has 2 rings (SSSR count). The molecule has 3 heteroatoms. The highest BCUT2D eigenvalue weighted by Gasteiger charge is 2.22. The maximum Gasteiger partial charge on any atom is 0.174 e. The largest absolute Gasteiger partial charge is 0.479 e. The fourth-order valence-corrected chi connectivity index (χ4v) is 3.23. The summed E-state index contributed by atoms with van der Waals surface area (Å²) in [6, 6.07) is 11.1. The molecule has 114 valence electrons. The van der Waals surface area contributed by atoms with E-state index in [0.717, 1.165) is 11.7 Å². The van der Waals surface area contributed by atoms with Gasteiger partial charge in [0.2, 0.25) is 0 Å². The van der Waals surface area contributed by atoms with Crippen LogP contribution in [0.5, 0.6) is 5.75 Å². The molecule has 1 fully saturated rings. The monoisotopic (exact) mass is 286 g/mol. The van der Waals surface area contributed by atoms with Crippen LogP contribution in [0.3, 0.4) is 0 Å². The fourth-order valence-electron chi connectivity index (χ4n) is 3.23. The lowest BCUT2D eigenvalue weighted by atomic mass is 9.84. The standard InChI is InChI=1S/C18H26N2O/c1-3-15-5-4-6-17(13-15)20-14(2)16-7-9-18(10-8-16)21-12-11-19/h7-10,14-15,17,20H,3-6,12-13H2,1-2H3. The number of rotatable bonds is 6. The lowest BCUT2D eigenvalue weighted by Crippen LogP contribution is -2.35. The van der Waals surface area contributed by atoms with Crippen LogP contribution in [-0.4, -0.2) is 12.6 Å². The van der Waals surface area contributed by atoms with Gasteiger partial charge in [-0.05, 0) is 43.4 Å². The molecule has 0 aromatic heterocycles. The predicted molar refractivity (Wildman–Crippen MR) is 85.1 cm³/mol. The lowest BCUT2D eigenvalue weighted by Gasteiger charge is -2.31. The third-order valence-corrected chi connectivity index (χ3v) is 4.53. The Hall–Kier alpha value is -1.53. The van der Waals surface area contributed by atoms with E-state index in [1.807, 2.05) is 18.2 Å². The van der Waals surface area contributed by atoms with E-state index in [2.05, 4.69) is 31.3 Å². The van der Waals surface area contributed by atoms with Crippen LogP contribution in [0.2, 0.25) is 0 Å². The van der Waals surface area contributed by atoms with Gasteiger partial charge < -0.3 is 10.1 Å². The normalized spacial score (nSPS) is 23.3. The molecule has 0 saturated heterocycles. The molecule has 0 amide bonds. The summed E-state index contributed by atoms with van der Waals surface area (Å²) in [4.78, 5) is 0. The minimum Gasteiger partial charge on any atom is -0.479 e. The van der Waals surface area contributed by atoms with Gasteiger partial charge in [0.15, 0.2) is 6.61 Å². The highest BCUT2D eigenvalue weighted by molar-refractivity contribution is 5.29. The Morgan fingerprint density at radius 1 is 1.33 bits per heavy atom. The SMILES string of the molecule is CCC1CCCC(NC(C)c2ccc(OCC#N)cc2)C1. The van der Waals surface area contributed by atoms with Gasteiger partial charge in [-0.25, -0.2) is 0 Å². The molecular weight excluding hydrogens is 260 g/mol. The van der Waals surface area contributed by atoms with Crippen molar-refractivity contribution < 1.29 is 4.74 Å². The maximum absolute atomic E-state index is 8.51. The highest BCUT2D eigenvalue weighted by atomic mass is 16.5. The summed E-state index contributed by atoms with van der Waals surface area (Å²) in [5.74, 6) is 1.65. The average molecular weight is 286 g/mol. The van der Waals surface area contributed by atoms with Crippen LogP contribution in [0.1, 0.15) is 57.6 Å². The molecule has 1 aromatic rings. The first-order valence-electron chi connectivity index (χ1n) is 8.08. The third-order valence-electron chi connectivity index (χ3n) is 4.53. The molecule has 0 spiro atoms. The molecule has 1 aliphatic rings. The Kier molecular flexibility index (Phi) is 6.07. The van der Waals surface area contributed by atoms with Gasteiger partial charge in [0.25, 0.3) is 0 Å². The molecular formula is C18H26N2O. The van der Waals surface area contributed by atoms with Crippen LogP contribution < -0.4 is 10.1 Å². The summed E-state index contributed by atoms with van der Waals surface area (Å²) >= 11 is 0. The topological polar surface area (TPSA) is 45.0 Å². The van der Waals surface area contributed by atoms with Crippen LogP contribution in [-0.2, 0) is 0 Å². The number of nitrogens with zero attached hydrogens (tertiary/aromatic N) is 1. The van der Waals surface area contributed by atoms with Gasteiger partial charge in [-0.2, -0.15) is 5.26 Å². The first-order valence-corrected chi connectivity index (χ1v) is 8.08. The zero-order valence-electron chi connectivity index (χ0n) is 13.1. The Balaban J connectivity index is 1.87. The Bertz CT molecular complexity index is 463. The fraction of sp³-hybridized carbons (Fsp3) is 0.611. The molecule has 21 heavy (non-hydrogen) atoms. The van der Waals surface area contributed by atoms with Gasteiger partial charge in [0.1, 0.15) is 11.8 Å². The van der Waals surface area contributed by atoms with Crippen molar-refractivity contribution in [3.8, 4) is 11.8 Å².